The number of aromatic nitrogens is 1. The highest BCUT2D eigenvalue weighted by atomic mass is 31.2. The summed E-state index contributed by atoms with van der Waals surface area (Å²) in [5, 5.41) is 17.3. The van der Waals surface area contributed by atoms with Gasteiger partial charge in [0.1, 0.15) is 0 Å². The molecule has 0 saturated heterocycles. The normalized spacial score (nSPS) is 15.2. The maximum Gasteiger partial charge on any atom is 0.333 e. The Kier molecular flexibility index (Phi) is 5.82. The van der Waals surface area contributed by atoms with Crippen molar-refractivity contribution >= 4 is 19.5 Å². The molecule has 8 nitrogen and oxygen atoms in total. The van der Waals surface area contributed by atoms with Gasteiger partial charge < -0.3 is 15.1 Å². The van der Waals surface area contributed by atoms with E-state index in [2.05, 4.69) is 9.51 Å². The SMILES string of the molecule is O=C(O)CCC(OP(=O)(O)Cc1cccnc1)C(=O)O. The highest BCUT2D eigenvalue weighted by Gasteiger charge is 2.30. The van der Waals surface area contributed by atoms with Gasteiger partial charge in [-0.25, -0.2) is 4.79 Å². The summed E-state index contributed by atoms with van der Waals surface area (Å²) in [7, 11) is -4.20. The van der Waals surface area contributed by atoms with Crippen molar-refractivity contribution in [1.82, 2.24) is 4.98 Å². The monoisotopic (exact) mass is 303 g/mol. The quantitative estimate of drug-likeness (QED) is 0.608. The molecule has 0 radical (unpaired) electrons. The Morgan fingerprint density at radius 2 is 2.10 bits per heavy atom. The predicted molar refractivity (Wildman–Crippen MR) is 67.1 cm³/mol. The molecule has 0 spiro atoms. The second kappa shape index (κ2) is 7.14. The minimum atomic E-state index is -4.20. The first kappa shape index (κ1) is 16.3. The third-order valence-electron chi connectivity index (χ3n) is 2.29. The third kappa shape index (κ3) is 5.92. The molecule has 110 valence electrons. The fourth-order valence-corrected chi connectivity index (χ4v) is 2.75. The first-order valence-corrected chi connectivity index (χ1v) is 7.40. The lowest BCUT2D eigenvalue weighted by Gasteiger charge is -2.17. The van der Waals surface area contributed by atoms with Crippen LogP contribution in [0, 0.1) is 0 Å². The Labute approximate surface area is 114 Å². The number of rotatable bonds is 8. The lowest BCUT2D eigenvalue weighted by atomic mass is 10.2. The molecule has 0 saturated carbocycles. The third-order valence-corrected chi connectivity index (χ3v) is 3.64. The van der Waals surface area contributed by atoms with Gasteiger partial charge in [0, 0.05) is 18.8 Å². The van der Waals surface area contributed by atoms with Crippen molar-refractivity contribution in [3.8, 4) is 0 Å². The average Bonchev–Trinajstić information content (AvgIpc) is 2.34. The topological polar surface area (TPSA) is 134 Å². The number of hydrogen-bond acceptors (Lipinski definition) is 5. The van der Waals surface area contributed by atoms with E-state index in [1.807, 2.05) is 0 Å². The van der Waals surface area contributed by atoms with E-state index in [4.69, 9.17) is 10.2 Å². The summed E-state index contributed by atoms with van der Waals surface area (Å²) >= 11 is 0. The Morgan fingerprint density at radius 3 is 2.60 bits per heavy atom. The van der Waals surface area contributed by atoms with Gasteiger partial charge in [0.25, 0.3) is 0 Å². The van der Waals surface area contributed by atoms with Crippen molar-refractivity contribution in [1.29, 1.82) is 0 Å². The van der Waals surface area contributed by atoms with Gasteiger partial charge in [-0.3, -0.25) is 18.9 Å². The molecular weight excluding hydrogens is 289 g/mol. The minimum absolute atomic E-state index is 0.387. The molecule has 0 aliphatic rings. The van der Waals surface area contributed by atoms with Gasteiger partial charge >= 0.3 is 19.5 Å². The molecule has 2 atom stereocenters. The van der Waals surface area contributed by atoms with Crippen LogP contribution in [-0.4, -0.2) is 38.1 Å². The van der Waals surface area contributed by atoms with Crippen molar-refractivity contribution in [3.63, 3.8) is 0 Å². The van der Waals surface area contributed by atoms with Crippen LogP contribution in [0.1, 0.15) is 18.4 Å². The summed E-state index contributed by atoms with van der Waals surface area (Å²) in [6, 6.07) is 3.11. The van der Waals surface area contributed by atoms with Crippen molar-refractivity contribution < 1.29 is 33.8 Å². The number of aliphatic carboxylic acids is 2. The molecule has 1 rings (SSSR count). The van der Waals surface area contributed by atoms with Gasteiger partial charge in [-0.15, -0.1) is 0 Å². The summed E-state index contributed by atoms with van der Waals surface area (Å²) in [4.78, 5) is 34.7. The van der Waals surface area contributed by atoms with Gasteiger partial charge in [0.2, 0.25) is 0 Å². The molecule has 0 aliphatic heterocycles. The zero-order valence-electron chi connectivity index (χ0n) is 10.4. The van der Waals surface area contributed by atoms with E-state index in [9.17, 15) is 19.0 Å². The summed E-state index contributed by atoms with van der Waals surface area (Å²) in [5.41, 5.74) is 0.417. The molecule has 3 N–H and O–H groups in total. The van der Waals surface area contributed by atoms with Crippen LogP contribution in [0.15, 0.2) is 24.5 Å². The Balaban J connectivity index is 2.68. The first-order valence-electron chi connectivity index (χ1n) is 5.64. The summed E-state index contributed by atoms with van der Waals surface area (Å²) in [6.07, 6.45) is -0.0403. The lowest BCUT2D eigenvalue weighted by molar-refractivity contribution is -0.146. The van der Waals surface area contributed by atoms with Gasteiger partial charge in [-0.1, -0.05) is 6.07 Å². The smallest absolute Gasteiger partial charge is 0.333 e. The van der Waals surface area contributed by atoms with E-state index in [1.54, 1.807) is 12.1 Å². The van der Waals surface area contributed by atoms with E-state index >= 15 is 0 Å². The average molecular weight is 303 g/mol. The van der Waals surface area contributed by atoms with Gasteiger partial charge in [0.05, 0.1) is 6.16 Å². The molecule has 9 heteroatoms. The van der Waals surface area contributed by atoms with Crippen LogP contribution in [0.2, 0.25) is 0 Å². The number of nitrogens with zero attached hydrogens (tertiary/aromatic N) is 1. The summed E-state index contributed by atoms with van der Waals surface area (Å²) in [5.74, 6) is -2.69. The van der Waals surface area contributed by atoms with E-state index in [0.29, 0.717) is 5.56 Å². The van der Waals surface area contributed by atoms with Crippen molar-refractivity contribution in [2.45, 2.75) is 25.1 Å². The molecule has 1 heterocycles. The minimum Gasteiger partial charge on any atom is -0.481 e. The molecule has 0 aliphatic carbocycles. The molecule has 0 amide bonds. The maximum absolute atomic E-state index is 11.8. The van der Waals surface area contributed by atoms with Crippen LogP contribution < -0.4 is 0 Å². The molecule has 1 aromatic rings. The number of carbonyl (C=O) groups is 2. The van der Waals surface area contributed by atoms with Crippen LogP contribution in [0.25, 0.3) is 0 Å². The Hall–Kier alpha value is -1.76. The number of hydrogen-bond donors (Lipinski definition) is 3. The Bertz CT molecular complexity index is 519. The molecule has 1 aromatic heterocycles. The number of carboxylic acids is 2. The van der Waals surface area contributed by atoms with Gasteiger partial charge in [-0.2, -0.15) is 0 Å². The summed E-state index contributed by atoms with van der Waals surface area (Å²) in [6.45, 7) is 0. The predicted octanol–water partition coefficient (Wildman–Crippen LogP) is 1.10. The van der Waals surface area contributed by atoms with Crippen LogP contribution >= 0.6 is 7.60 Å². The first-order chi connectivity index (χ1) is 9.30. The second-order valence-electron chi connectivity index (χ2n) is 4.02. The van der Waals surface area contributed by atoms with Crippen LogP contribution in [-0.2, 0) is 24.8 Å². The number of pyridine rings is 1. The highest BCUT2D eigenvalue weighted by molar-refractivity contribution is 7.52. The molecule has 2 unspecified atom stereocenters. The molecule has 0 aromatic carbocycles. The van der Waals surface area contributed by atoms with Gasteiger partial charge in [-0.05, 0) is 18.1 Å². The van der Waals surface area contributed by atoms with Crippen molar-refractivity contribution in [2.24, 2.45) is 0 Å². The van der Waals surface area contributed by atoms with Crippen LogP contribution in [0.3, 0.4) is 0 Å². The second-order valence-corrected chi connectivity index (χ2v) is 5.82. The van der Waals surface area contributed by atoms with E-state index in [0.717, 1.165) is 0 Å². The molecular formula is C11H14NO7P. The lowest BCUT2D eigenvalue weighted by Crippen LogP contribution is -2.24. The van der Waals surface area contributed by atoms with E-state index in [-0.39, 0.29) is 6.42 Å². The van der Waals surface area contributed by atoms with E-state index < -0.39 is 38.2 Å². The van der Waals surface area contributed by atoms with Crippen molar-refractivity contribution in [2.75, 3.05) is 0 Å². The zero-order valence-corrected chi connectivity index (χ0v) is 11.3. The zero-order chi connectivity index (χ0) is 15.2. The molecule has 20 heavy (non-hydrogen) atoms. The maximum atomic E-state index is 11.8. The summed E-state index contributed by atoms with van der Waals surface area (Å²) < 4.78 is 16.5. The largest absolute Gasteiger partial charge is 0.481 e. The van der Waals surface area contributed by atoms with Crippen LogP contribution in [0.4, 0.5) is 0 Å². The van der Waals surface area contributed by atoms with E-state index in [1.165, 1.54) is 12.4 Å². The molecule has 0 bridgehead atoms. The fraction of sp³-hybridized carbons (Fsp3) is 0.364. The molecule has 0 fully saturated rings. The number of carboxylic acid groups (broad SMARTS) is 2. The Morgan fingerprint density at radius 1 is 1.40 bits per heavy atom. The van der Waals surface area contributed by atoms with Gasteiger partial charge in [0.15, 0.2) is 6.10 Å². The van der Waals surface area contributed by atoms with Crippen molar-refractivity contribution in [3.05, 3.63) is 30.1 Å². The highest BCUT2D eigenvalue weighted by Crippen LogP contribution is 2.47. The standard InChI is InChI=1S/C11H14NO7P/c13-10(14)4-3-9(11(15)16)19-20(17,18)7-8-2-1-5-12-6-8/h1-2,5-6,9H,3-4,7H2,(H,13,14)(H,15,16)(H,17,18). The van der Waals surface area contributed by atoms with Crippen LogP contribution in [0.5, 0.6) is 0 Å². The fourth-order valence-electron chi connectivity index (χ4n) is 1.43.